The van der Waals surface area contributed by atoms with Crippen LogP contribution in [0.1, 0.15) is 21.7 Å². The molecule has 134 valence electrons. The third-order valence-corrected chi connectivity index (χ3v) is 4.67. The third-order valence-electron chi connectivity index (χ3n) is 3.77. The third kappa shape index (κ3) is 3.85. The summed E-state index contributed by atoms with van der Waals surface area (Å²) < 4.78 is 18.0. The standard InChI is InChI=1S/C18H15FN2O4S/c1-11-14(6-9-25-11)16(22)20-7-8-21-17(23)15(26-18(21)24)10-12-2-4-13(19)5-3-12/h2-6,9-10H,7-8H2,1H3,(H,20,22)/b15-10-. The summed E-state index contributed by atoms with van der Waals surface area (Å²) in [5, 5.41) is 2.24. The van der Waals surface area contributed by atoms with Gasteiger partial charge in [0.2, 0.25) is 0 Å². The van der Waals surface area contributed by atoms with Crippen LogP contribution < -0.4 is 5.32 Å². The minimum Gasteiger partial charge on any atom is -0.469 e. The fourth-order valence-electron chi connectivity index (χ4n) is 2.40. The van der Waals surface area contributed by atoms with Crippen molar-refractivity contribution < 1.29 is 23.2 Å². The topological polar surface area (TPSA) is 79.6 Å². The van der Waals surface area contributed by atoms with Crippen LogP contribution in [-0.4, -0.2) is 35.0 Å². The van der Waals surface area contributed by atoms with E-state index in [4.69, 9.17) is 4.42 Å². The molecule has 1 aliphatic rings. The molecule has 1 aromatic heterocycles. The van der Waals surface area contributed by atoms with Crippen molar-refractivity contribution in [1.82, 2.24) is 10.2 Å². The summed E-state index contributed by atoms with van der Waals surface area (Å²) in [7, 11) is 0. The molecule has 0 spiro atoms. The number of rotatable bonds is 5. The van der Waals surface area contributed by atoms with Gasteiger partial charge in [0.1, 0.15) is 11.6 Å². The van der Waals surface area contributed by atoms with Crippen LogP contribution in [0.15, 0.2) is 45.9 Å². The highest BCUT2D eigenvalue weighted by atomic mass is 32.2. The van der Waals surface area contributed by atoms with Crippen LogP contribution in [0, 0.1) is 12.7 Å². The van der Waals surface area contributed by atoms with Crippen molar-refractivity contribution in [3.63, 3.8) is 0 Å². The van der Waals surface area contributed by atoms with Crippen LogP contribution in [-0.2, 0) is 4.79 Å². The molecule has 0 unspecified atom stereocenters. The number of amides is 3. The SMILES string of the molecule is Cc1occc1C(=O)NCCN1C(=O)S/C(=C\c2ccc(F)cc2)C1=O. The van der Waals surface area contributed by atoms with E-state index < -0.39 is 11.1 Å². The second-order valence-corrected chi connectivity index (χ2v) is 6.52. The van der Waals surface area contributed by atoms with E-state index >= 15 is 0 Å². The summed E-state index contributed by atoms with van der Waals surface area (Å²) in [5.74, 6) is -0.641. The van der Waals surface area contributed by atoms with E-state index in [0.717, 1.165) is 16.7 Å². The molecule has 6 nitrogen and oxygen atoms in total. The molecule has 0 bridgehead atoms. The largest absolute Gasteiger partial charge is 0.469 e. The molecule has 0 radical (unpaired) electrons. The van der Waals surface area contributed by atoms with Gasteiger partial charge in [-0.2, -0.15) is 0 Å². The molecule has 2 aromatic rings. The van der Waals surface area contributed by atoms with Gasteiger partial charge in [-0.15, -0.1) is 0 Å². The molecule has 0 saturated carbocycles. The zero-order valence-electron chi connectivity index (χ0n) is 13.8. The van der Waals surface area contributed by atoms with Crippen molar-refractivity contribution in [3.05, 3.63) is 64.2 Å². The molecule has 8 heteroatoms. The molecule has 0 atom stereocenters. The maximum Gasteiger partial charge on any atom is 0.293 e. The molecule has 26 heavy (non-hydrogen) atoms. The van der Waals surface area contributed by atoms with E-state index in [9.17, 15) is 18.8 Å². The Hall–Kier alpha value is -2.87. The second kappa shape index (κ2) is 7.57. The summed E-state index contributed by atoms with van der Waals surface area (Å²) in [6.07, 6.45) is 2.96. The molecular weight excluding hydrogens is 359 g/mol. The number of nitrogens with one attached hydrogen (secondary N) is 1. The van der Waals surface area contributed by atoms with E-state index in [0.29, 0.717) is 16.9 Å². The summed E-state index contributed by atoms with van der Waals surface area (Å²) in [5.41, 5.74) is 1.04. The zero-order chi connectivity index (χ0) is 18.7. The summed E-state index contributed by atoms with van der Waals surface area (Å²) in [6.45, 7) is 1.87. The first-order valence-electron chi connectivity index (χ1n) is 7.79. The van der Waals surface area contributed by atoms with Crippen LogP contribution in [0.5, 0.6) is 0 Å². The van der Waals surface area contributed by atoms with Gasteiger partial charge in [-0.05, 0) is 48.5 Å². The van der Waals surface area contributed by atoms with E-state index in [1.54, 1.807) is 13.0 Å². The fourth-order valence-corrected chi connectivity index (χ4v) is 3.27. The Morgan fingerprint density at radius 3 is 2.65 bits per heavy atom. The monoisotopic (exact) mass is 374 g/mol. The molecule has 1 aliphatic heterocycles. The summed E-state index contributed by atoms with van der Waals surface area (Å²) in [4.78, 5) is 37.7. The van der Waals surface area contributed by atoms with Crippen LogP contribution in [0.2, 0.25) is 0 Å². The Kier molecular flexibility index (Phi) is 5.22. The number of hydrogen-bond acceptors (Lipinski definition) is 5. The number of furan rings is 1. The van der Waals surface area contributed by atoms with Gasteiger partial charge in [-0.1, -0.05) is 12.1 Å². The number of nitrogens with zero attached hydrogens (tertiary/aromatic N) is 1. The second-order valence-electron chi connectivity index (χ2n) is 5.53. The minimum atomic E-state index is -0.432. The van der Waals surface area contributed by atoms with E-state index in [1.807, 2.05) is 0 Å². The number of aryl methyl sites for hydroxylation is 1. The number of halogens is 1. The number of thioether (sulfide) groups is 1. The van der Waals surface area contributed by atoms with E-state index in [1.165, 1.54) is 36.6 Å². The fraction of sp³-hybridized carbons (Fsp3) is 0.167. The lowest BCUT2D eigenvalue weighted by Gasteiger charge is -2.12. The van der Waals surface area contributed by atoms with Crippen LogP contribution in [0.25, 0.3) is 6.08 Å². The first-order valence-corrected chi connectivity index (χ1v) is 8.60. The molecule has 1 saturated heterocycles. The molecule has 0 aliphatic carbocycles. The van der Waals surface area contributed by atoms with Gasteiger partial charge in [0.05, 0.1) is 16.7 Å². The highest BCUT2D eigenvalue weighted by molar-refractivity contribution is 8.18. The number of benzene rings is 1. The van der Waals surface area contributed by atoms with Crippen molar-refractivity contribution in [2.45, 2.75) is 6.92 Å². The van der Waals surface area contributed by atoms with E-state index in [2.05, 4.69) is 5.32 Å². The summed E-state index contributed by atoms with van der Waals surface area (Å²) >= 11 is 0.817. The van der Waals surface area contributed by atoms with Crippen molar-refractivity contribution in [2.75, 3.05) is 13.1 Å². The van der Waals surface area contributed by atoms with Gasteiger partial charge in [-0.3, -0.25) is 19.3 Å². The molecule has 1 N–H and O–H groups in total. The normalized spacial score (nSPS) is 15.8. The Labute approximate surface area is 153 Å². The number of carbonyl (C=O) groups excluding carboxylic acids is 3. The van der Waals surface area contributed by atoms with Crippen molar-refractivity contribution in [1.29, 1.82) is 0 Å². The number of imide groups is 1. The van der Waals surface area contributed by atoms with Gasteiger partial charge in [0.25, 0.3) is 17.1 Å². The minimum absolute atomic E-state index is 0.0636. The highest BCUT2D eigenvalue weighted by Gasteiger charge is 2.34. The maximum absolute atomic E-state index is 12.9. The first kappa shape index (κ1) is 17.9. The summed E-state index contributed by atoms with van der Waals surface area (Å²) in [6, 6.07) is 7.16. The zero-order valence-corrected chi connectivity index (χ0v) is 14.6. The van der Waals surface area contributed by atoms with Gasteiger partial charge < -0.3 is 9.73 Å². The molecule has 3 rings (SSSR count). The molecule has 1 fully saturated rings. The molecular formula is C18H15FN2O4S. The van der Waals surface area contributed by atoms with Crippen molar-refractivity contribution in [3.8, 4) is 0 Å². The van der Waals surface area contributed by atoms with E-state index in [-0.39, 0.29) is 29.7 Å². The smallest absolute Gasteiger partial charge is 0.293 e. The lowest BCUT2D eigenvalue weighted by Crippen LogP contribution is -2.37. The van der Waals surface area contributed by atoms with Crippen LogP contribution >= 0.6 is 11.8 Å². The maximum atomic E-state index is 12.9. The van der Waals surface area contributed by atoms with Crippen LogP contribution in [0.3, 0.4) is 0 Å². The molecule has 3 amide bonds. The van der Waals surface area contributed by atoms with Crippen molar-refractivity contribution in [2.24, 2.45) is 0 Å². The average molecular weight is 374 g/mol. The van der Waals surface area contributed by atoms with Gasteiger partial charge in [-0.25, -0.2) is 4.39 Å². The number of carbonyl (C=O) groups is 3. The Morgan fingerprint density at radius 2 is 2.00 bits per heavy atom. The average Bonchev–Trinajstić information content (AvgIpc) is 3.15. The number of hydrogen-bond donors (Lipinski definition) is 1. The molecule has 2 heterocycles. The Morgan fingerprint density at radius 1 is 1.27 bits per heavy atom. The quantitative estimate of drug-likeness (QED) is 0.813. The van der Waals surface area contributed by atoms with Crippen molar-refractivity contribution >= 4 is 34.9 Å². The predicted octanol–water partition coefficient (Wildman–Crippen LogP) is 3.19. The highest BCUT2D eigenvalue weighted by Crippen LogP contribution is 2.31. The lowest BCUT2D eigenvalue weighted by molar-refractivity contribution is -0.122. The Balaban J connectivity index is 1.60. The van der Waals surface area contributed by atoms with Crippen LogP contribution in [0.4, 0.5) is 9.18 Å². The predicted molar refractivity (Wildman–Crippen MR) is 94.9 cm³/mol. The Bertz CT molecular complexity index is 889. The first-order chi connectivity index (χ1) is 12.5. The molecule has 1 aromatic carbocycles. The van der Waals surface area contributed by atoms with Gasteiger partial charge in [0.15, 0.2) is 0 Å². The lowest BCUT2D eigenvalue weighted by atomic mass is 10.2. The van der Waals surface area contributed by atoms with Gasteiger partial charge >= 0.3 is 0 Å². The van der Waals surface area contributed by atoms with Gasteiger partial charge in [0, 0.05) is 13.1 Å².